The van der Waals surface area contributed by atoms with Gasteiger partial charge in [0, 0.05) is 58.6 Å². The topological polar surface area (TPSA) is 317 Å². The number of nitrogens with one attached hydrogen (secondary N) is 1. The van der Waals surface area contributed by atoms with Crippen LogP contribution in [0.1, 0.15) is 68.1 Å². The molecule has 0 spiro atoms. The number of carbonyl (C=O) groups excluding carboxylic acids is 1. The van der Waals surface area contributed by atoms with Crippen LogP contribution in [0.2, 0.25) is 10.0 Å². The van der Waals surface area contributed by atoms with Crippen molar-refractivity contribution in [2.24, 2.45) is 17.2 Å². The number of hydrogen-bond acceptors (Lipinski definition) is 18. The zero-order chi connectivity index (χ0) is 48.4. The fourth-order valence-corrected chi connectivity index (χ4v) is 9.70. The van der Waals surface area contributed by atoms with Gasteiger partial charge in [-0.1, -0.05) is 41.4 Å². The molecular formula is C47H63Cl2N5O14. The quantitative estimate of drug-likeness (QED) is 0.0724. The molecule has 374 valence electrons. The molecule has 0 bridgehead atoms. The monoisotopic (exact) mass is 991 g/mol. The van der Waals surface area contributed by atoms with Gasteiger partial charge in [-0.15, -0.1) is 0 Å². The molecule has 5 fully saturated rings. The Hall–Kier alpha value is -3.16. The second kappa shape index (κ2) is 22.1. The number of amides is 1. The van der Waals surface area contributed by atoms with Gasteiger partial charge in [-0.25, -0.2) is 0 Å². The minimum Gasteiger partial charge on any atom is -0.490 e. The van der Waals surface area contributed by atoms with Crippen molar-refractivity contribution in [3.63, 3.8) is 0 Å². The van der Waals surface area contributed by atoms with Crippen molar-refractivity contribution >= 4 is 29.1 Å². The summed E-state index contributed by atoms with van der Waals surface area (Å²) in [5, 5.41) is 77.9. The molecule has 14 N–H and O–H groups in total. The second-order valence-corrected chi connectivity index (χ2v) is 19.4. The highest BCUT2D eigenvalue weighted by molar-refractivity contribution is 6.34. The number of ether oxygens (including phenoxy) is 6. The molecular weight excluding hydrogens is 929 g/mol. The molecule has 3 aromatic rings. The third-order valence-corrected chi connectivity index (χ3v) is 14.3. The summed E-state index contributed by atoms with van der Waals surface area (Å²) in [6.07, 6.45) is -8.45. The van der Waals surface area contributed by atoms with E-state index < -0.39 is 104 Å². The first-order valence-electron chi connectivity index (χ1n) is 23.2. The lowest BCUT2D eigenvalue weighted by atomic mass is 9.84. The molecule has 2 aromatic carbocycles. The van der Waals surface area contributed by atoms with Gasteiger partial charge in [-0.3, -0.25) is 9.78 Å². The molecule has 68 heavy (non-hydrogen) atoms. The first-order chi connectivity index (χ1) is 32.6. The standard InChI is InChI=1S/C47H63Cl2N5O14/c48-28-16-23(21-63-47(12-13-47)27-18-53-14-11-25(27)26-6-2-3-7-32(26)64-24-9-10-24)29(49)15-22(28)5-1-4-8-35(56)54-19-33-38(58)40(60)41(61)46(65-33)68-44-31(51)17-30(50)43(42(44)62)67-45-39(59)36(52)37(57)34(20-55)66-45/h2-3,6-7,11,14-16,18,24,30-31,33-34,36-46,55,57-62H,1,4-5,8-10,12-13,17,19-21,50-52H2,(H,54,56)/t30-,31+,33-,34-,36+,37-,38-,39-,40+,41-,42-,43+,44-,45-,46-/m0/s1. The number of aliphatic hydroxyl groups excluding tert-OH is 7. The third-order valence-electron chi connectivity index (χ3n) is 13.6. The highest BCUT2D eigenvalue weighted by Gasteiger charge is 2.52. The summed E-state index contributed by atoms with van der Waals surface area (Å²) in [6.45, 7) is -0.647. The number of halogens is 2. The van der Waals surface area contributed by atoms with Gasteiger partial charge in [0.15, 0.2) is 12.6 Å². The number of para-hydroxylation sites is 1. The van der Waals surface area contributed by atoms with Crippen LogP contribution in [0.25, 0.3) is 11.1 Å². The van der Waals surface area contributed by atoms with Crippen LogP contribution in [0, 0.1) is 0 Å². The number of nitrogens with two attached hydrogens (primary N) is 3. The van der Waals surface area contributed by atoms with Crippen LogP contribution in [0.4, 0.5) is 0 Å². The summed E-state index contributed by atoms with van der Waals surface area (Å²) in [7, 11) is 0. The van der Waals surface area contributed by atoms with E-state index in [1.807, 2.05) is 42.6 Å². The van der Waals surface area contributed by atoms with Crippen molar-refractivity contribution in [3.8, 4) is 16.9 Å². The number of nitrogens with zero attached hydrogens (tertiary/aromatic N) is 1. The van der Waals surface area contributed by atoms with Gasteiger partial charge in [-0.05, 0) is 92.3 Å². The molecule has 21 heteroatoms. The Morgan fingerprint density at radius 1 is 0.794 bits per heavy atom. The van der Waals surface area contributed by atoms with Gasteiger partial charge in [0.1, 0.15) is 66.8 Å². The Balaban J connectivity index is 0.800. The van der Waals surface area contributed by atoms with Crippen LogP contribution in [-0.4, -0.2) is 158 Å². The zero-order valence-electron chi connectivity index (χ0n) is 37.3. The van der Waals surface area contributed by atoms with Crippen LogP contribution in [0.5, 0.6) is 5.75 Å². The van der Waals surface area contributed by atoms with Crippen molar-refractivity contribution in [3.05, 3.63) is 81.6 Å². The lowest BCUT2D eigenvalue weighted by Crippen LogP contribution is -2.68. The Morgan fingerprint density at radius 3 is 2.15 bits per heavy atom. The first kappa shape index (κ1) is 51.2. The second-order valence-electron chi connectivity index (χ2n) is 18.6. The molecule has 3 heterocycles. The first-order valence-corrected chi connectivity index (χ1v) is 24.0. The number of hydrogen-bond donors (Lipinski definition) is 11. The predicted molar refractivity (Wildman–Crippen MR) is 245 cm³/mol. The SMILES string of the molecule is N[C@H]1[C@H](O)[C@H](O[C@H]2[C@H](O)[C@@H](O[C@@H]3O[C@@H](CNC(=O)CCCCc4cc(Cl)c(COC5(c6cnccc6-c6ccccc6OC6CC6)CC5)cc4Cl)[C@H](O)[C@@H](O)[C@@H]3O)[C@H](N)C[C@@H]2N)O[C@@H](CO)[C@@H]1O. The van der Waals surface area contributed by atoms with E-state index in [-0.39, 0.29) is 38.0 Å². The van der Waals surface area contributed by atoms with Crippen molar-refractivity contribution in [2.45, 2.75) is 168 Å². The van der Waals surface area contributed by atoms with E-state index in [2.05, 4.69) is 16.4 Å². The lowest BCUT2D eigenvalue weighted by molar-refractivity contribution is -0.332. The summed E-state index contributed by atoms with van der Waals surface area (Å²) in [6, 6.07) is 10.6. The van der Waals surface area contributed by atoms with Crippen molar-refractivity contribution in [1.82, 2.24) is 10.3 Å². The number of benzene rings is 2. The number of aromatic nitrogens is 1. The van der Waals surface area contributed by atoms with Crippen LogP contribution in [0.3, 0.4) is 0 Å². The van der Waals surface area contributed by atoms with Gasteiger partial charge >= 0.3 is 0 Å². The molecule has 3 saturated carbocycles. The van der Waals surface area contributed by atoms with Crippen molar-refractivity contribution in [1.29, 1.82) is 0 Å². The molecule has 5 aliphatic rings. The summed E-state index contributed by atoms with van der Waals surface area (Å²) >= 11 is 13.6. The summed E-state index contributed by atoms with van der Waals surface area (Å²) in [5.41, 5.74) is 22.6. The van der Waals surface area contributed by atoms with Gasteiger partial charge in [0.25, 0.3) is 0 Å². The molecule has 15 atom stereocenters. The normalized spacial score (nSPS) is 34.6. The molecule has 0 radical (unpaired) electrons. The number of pyridine rings is 1. The number of rotatable bonds is 19. The molecule has 3 aliphatic carbocycles. The Kier molecular flexibility index (Phi) is 16.6. The van der Waals surface area contributed by atoms with Gasteiger partial charge in [0.2, 0.25) is 5.91 Å². The molecule has 1 amide bonds. The van der Waals surface area contributed by atoms with Crippen LogP contribution in [-0.2, 0) is 47.1 Å². The number of aliphatic hydroxyl groups is 7. The van der Waals surface area contributed by atoms with E-state index in [9.17, 15) is 40.5 Å². The number of unbranched alkanes of at least 4 members (excludes halogenated alkanes) is 1. The Morgan fingerprint density at radius 2 is 1.46 bits per heavy atom. The molecule has 2 saturated heterocycles. The zero-order valence-corrected chi connectivity index (χ0v) is 38.9. The maximum absolute atomic E-state index is 13.0. The van der Waals surface area contributed by atoms with Gasteiger partial charge in [0.05, 0.1) is 31.0 Å². The Labute approximate surface area is 403 Å². The lowest BCUT2D eigenvalue weighted by Gasteiger charge is -2.48. The van der Waals surface area contributed by atoms with E-state index in [1.165, 1.54) is 0 Å². The van der Waals surface area contributed by atoms with Crippen LogP contribution >= 0.6 is 23.2 Å². The van der Waals surface area contributed by atoms with Crippen molar-refractivity contribution < 1.29 is 69.0 Å². The smallest absolute Gasteiger partial charge is 0.220 e. The van der Waals surface area contributed by atoms with E-state index in [0.717, 1.165) is 59.3 Å². The number of aryl methyl sites for hydroxylation is 1. The van der Waals surface area contributed by atoms with Gasteiger partial charge in [-0.2, -0.15) is 0 Å². The summed E-state index contributed by atoms with van der Waals surface area (Å²) < 4.78 is 35.9. The summed E-state index contributed by atoms with van der Waals surface area (Å²) in [4.78, 5) is 17.4. The van der Waals surface area contributed by atoms with E-state index >= 15 is 0 Å². The molecule has 19 nitrogen and oxygen atoms in total. The fraction of sp³-hybridized carbons (Fsp3) is 0.617. The van der Waals surface area contributed by atoms with E-state index in [0.29, 0.717) is 29.3 Å². The van der Waals surface area contributed by atoms with Crippen LogP contribution < -0.4 is 27.3 Å². The maximum atomic E-state index is 13.0. The molecule has 8 rings (SSSR count). The van der Waals surface area contributed by atoms with E-state index in [1.54, 1.807) is 6.20 Å². The maximum Gasteiger partial charge on any atom is 0.220 e. The van der Waals surface area contributed by atoms with Gasteiger partial charge < -0.3 is 86.7 Å². The molecule has 0 unspecified atom stereocenters. The predicted octanol–water partition coefficient (Wildman–Crippen LogP) is 0.395. The largest absolute Gasteiger partial charge is 0.490 e. The average Bonchev–Trinajstić information content (AvgIpc) is 4.28. The fourth-order valence-electron chi connectivity index (χ4n) is 9.18. The molecule has 1 aromatic heterocycles. The van der Waals surface area contributed by atoms with E-state index in [4.69, 9.17) is 68.8 Å². The number of carbonyl (C=O) groups is 1. The van der Waals surface area contributed by atoms with Crippen LogP contribution in [0.15, 0.2) is 54.9 Å². The van der Waals surface area contributed by atoms with Crippen molar-refractivity contribution in [2.75, 3.05) is 13.2 Å². The summed E-state index contributed by atoms with van der Waals surface area (Å²) in [5.74, 6) is 0.491. The highest BCUT2D eigenvalue weighted by Crippen LogP contribution is 2.53. The minimum absolute atomic E-state index is 0.0165. The Bertz CT molecular complexity index is 2190. The highest BCUT2D eigenvalue weighted by atomic mass is 35.5. The third kappa shape index (κ3) is 11.5. The molecule has 2 aliphatic heterocycles. The minimum atomic E-state index is -1.79. The average molecular weight is 993 g/mol.